The van der Waals surface area contributed by atoms with E-state index in [0.29, 0.717) is 11.6 Å². The van der Waals surface area contributed by atoms with Crippen LogP contribution in [0.15, 0.2) is 43.0 Å². The molecule has 2 aromatic rings. The molecule has 0 spiro atoms. The van der Waals surface area contributed by atoms with Crippen LogP contribution in [0.1, 0.15) is 18.1 Å². The number of hydrogen-bond donors (Lipinski definition) is 1. The molecule has 18 heavy (non-hydrogen) atoms. The zero-order valence-electron chi connectivity index (χ0n) is 10.4. The van der Waals surface area contributed by atoms with Crippen molar-refractivity contribution in [3.63, 3.8) is 0 Å². The Labute approximate surface area is 107 Å². The number of nitriles is 1. The van der Waals surface area contributed by atoms with Gasteiger partial charge in [0.2, 0.25) is 0 Å². The van der Waals surface area contributed by atoms with E-state index in [1.165, 1.54) is 5.56 Å². The van der Waals surface area contributed by atoms with Crippen LogP contribution in [-0.2, 0) is 13.1 Å². The van der Waals surface area contributed by atoms with E-state index in [2.05, 4.69) is 27.9 Å². The topological polar surface area (TPSA) is 53.6 Å². The van der Waals surface area contributed by atoms with Crippen molar-refractivity contribution in [3.05, 3.63) is 54.1 Å². The highest BCUT2D eigenvalue weighted by atomic mass is 15.1. The largest absolute Gasteiger partial charge is 0.336 e. The van der Waals surface area contributed by atoms with Crippen molar-refractivity contribution in [3.8, 4) is 6.07 Å². The van der Waals surface area contributed by atoms with Gasteiger partial charge in [-0.1, -0.05) is 12.1 Å². The maximum atomic E-state index is 8.72. The Morgan fingerprint density at radius 1 is 1.39 bits per heavy atom. The first-order valence-electron chi connectivity index (χ1n) is 5.96. The summed E-state index contributed by atoms with van der Waals surface area (Å²) in [5, 5.41) is 12.2. The van der Waals surface area contributed by atoms with E-state index in [1.54, 1.807) is 6.20 Å². The van der Waals surface area contributed by atoms with Crippen LogP contribution in [0.2, 0.25) is 0 Å². The van der Waals surface area contributed by atoms with Crippen LogP contribution in [0, 0.1) is 11.3 Å². The van der Waals surface area contributed by atoms with E-state index >= 15 is 0 Å². The van der Waals surface area contributed by atoms with Crippen molar-refractivity contribution in [1.29, 1.82) is 5.26 Å². The average Bonchev–Trinajstić information content (AvgIpc) is 2.90. The molecule has 1 heterocycles. The molecule has 0 aliphatic heterocycles. The van der Waals surface area contributed by atoms with Gasteiger partial charge in [-0.2, -0.15) is 5.26 Å². The highest BCUT2D eigenvalue weighted by Gasteiger charge is 2.02. The quantitative estimate of drug-likeness (QED) is 0.868. The van der Waals surface area contributed by atoms with Crippen LogP contribution >= 0.6 is 0 Å². The molecule has 92 valence electrons. The molecular weight excluding hydrogens is 224 g/mol. The standard InChI is InChI=1S/C14H16N4/c1-12(10-18-7-6-16-11-18)17-9-14-4-2-13(8-15)3-5-14/h2-7,11-12,17H,9-10H2,1H3. The number of imidazole rings is 1. The van der Waals surface area contributed by atoms with Gasteiger partial charge in [0.05, 0.1) is 18.0 Å². The lowest BCUT2D eigenvalue weighted by Gasteiger charge is -2.14. The van der Waals surface area contributed by atoms with Crippen molar-refractivity contribution >= 4 is 0 Å². The molecule has 0 bridgehead atoms. The molecule has 1 aromatic heterocycles. The van der Waals surface area contributed by atoms with Crippen molar-refractivity contribution in [2.75, 3.05) is 0 Å². The first-order chi connectivity index (χ1) is 8.78. The number of nitrogens with one attached hydrogen (secondary N) is 1. The second-order valence-electron chi connectivity index (χ2n) is 4.35. The third-order valence-corrected chi connectivity index (χ3v) is 2.78. The maximum absolute atomic E-state index is 8.72. The summed E-state index contributed by atoms with van der Waals surface area (Å²) in [7, 11) is 0. The summed E-state index contributed by atoms with van der Waals surface area (Å²) in [4.78, 5) is 4.02. The normalized spacial score (nSPS) is 12.0. The Kier molecular flexibility index (Phi) is 4.11. The Bertz CT molecular complexity index is 508. The second-order valence-corrected chi connectivity index (χ2v) is 4.35. The molecule has 0 fully saturated rings. The summed E-state index contributed by atoms with van der Waals surface area (Å²) >= 11 is 0. The van der Waals surface area contributed by atoms with Crippen LogP contribution in [0.4, 0.5) is 0 Å². The third-order valence-electron chi connectivity index (χ3n) is 2.78. The van der Waals surface area contributed by atoms with Gasteiger partial charge >= 0.3 is 0 Å². The Morgan fingerprint density at radius 2 is 2.17 bits per heavy atom. The van der Waals surface area contributed by atoms with E-state index in [1.807, 2.05) is 36.8 Å². The van der Waals surface area contributed by atoms with Gasteiger partial charge in [0.25, 0.3) is 0 Å². The molecule has 1 N–H and O–H groups in total. The highest BCUT2D eigenvalue weighted by Crippen LogP contribution is 2.03. The minimum absolute atomic E-state index is 0.370. The molecule has 2 rings (SSSR count). The van der Waals surface area contributed by atoms with Crippen LogP contribution in [-0.4, -0.2) is 15.6 Å². The molecular formula is C14H16N4. The van der Waals surface area contributed by atoms with E-state index in [-0.39, 0.29) is 0 Å². The predicted molar refractivity (Wildman–Crippen MR) is 69.7 cm³/mol. The highest BCUT2D eigenvalue weighted by molar-refractivity contribution is 5.31. The minimum Gasteiger partial charge on any atom is -0.336 e. The maximum Gasteiger partial charge on any atom is 0.0991 e. The van der Waals surface area contributed by atoms with Crippen molar-refractivity contribution in [2.45, 2.75) is 26.1 Å². The zero-order chi connectivity index (χ0) is 12.8. The average molecular weight is 240 g/mol. The van der Waals surface area contributed by atoms with Crippen molar-refractivity contribution in [1.82, 2.24) is 14.9 Å². The van der Waals surface area contributed by atoms with Gasteiger partial charge in [0.15, 0.2) is 0 Å². The summed E-state index contributed by atoms with van der Waals surface area (Å²) in [6.07, 6.45) is 5.56. The zero-order valence-corrected chi connectivity index (χ0v) is 10.4. The van der Waals surface area contributed by atoms with Gasteiger partial charge in [-0.05, 0) is 24.6 Å². The Hall–Kier alpha value is -2.12. The molecule has 0 amide bonds. The summed E-state index contributed by atoms with van der Waals surface area (Å²) < 4.78 is 2.05. The number of nitrogens with zero attached hydrogens (tertiary/aromatic N) is 3. The summed E-state index contributed by atoms with van der Waals surface area (Å²) in [5.74, 6) is 0. The lowest BCUT2D eigenvalue weighted by molar-refractivity contribution is 0.476. The van der Waals surface area contributed by atoms with E-state index < -0.39 is 0 Å². The smallest absolute Gasteiger partial charge is 0.0991 e. The molecule has 0 aliphatic rings. The molecule has 0 saturated heterocycles. The summed E-state index contributed by atoms with van der Waals surface area (Å²) in [6.45, 7) is 3.85. The predicted octanol–water partition coefficient (Wildman–Crippen LogP) is 1.93. The molecule has 0 saturated carbocycles. The SMILES string of the molecule is CC(Cn1ccnc1)NCc1ccc(C#N)cc1. The first-order valence-corrected chi connectivity index (χ1v) is 5.96. The number of aromatic nitrogens is 2. The Morgan fingerprint density at radius 3 is 2.78 bits per heavy atom. The van der Waals surface area contributed by atoms with Gasteiger partial charge in [0, 0.05) is 31.5 Å². The molecule has 1 atom stereocenters. The van der Waals surface area contributed by atoms with Crippen molar-refractivity contribution in [2.24, 2.45) is 0 Å². The van der Waals surface area contributed by atoms with Crippen LogP contribution in [0.5, 0.6) is 0 Å². The molecule has 4 nitrogen and oxygen atoms in total. The molecule has 4 heteroatoms. The lowest BCUT2D eigenvalue weighted by Crippen LogP contribution is -2.29. The van der Waals surface area contributed by atoms with E-state index in [4.69, 9.17) is 5.26 Å². The van der Waals surface area contributed by atoms with Crippen LogP contribution < -0.4 is 5.32 Å². The van der Waals surface area contributed by atoms with Gasteiger partial charge in [0.1, 0.15) is 0 Å². The molecule has 0 radical (unpaired) electrons. The van der Waals surface area contributed by atoms with Gasteiger partial charge in [-0.15, -0.1) is 0 Å². The fourth-order valence-electron chi connectivity index (χ4n) is 1.76. The molecule has 0 aliphatic carbocycles. The monoisotopic (exact) mass is 240 g/mol. The Balaban J connectivity index is 1.81. The first kappa shape index (κ1) is 12.3. The van der Waals surface area contributed by atoms with E-state index in [0.717, 1.165) is 13.1 Å². The van der Waals surface area contributed by atoms with Crippen LogP contribution in [0.25, 0.3) is 0 Å². The minimum atomic E-state index is 0.370. The van der Waals surface area contributed by atoms with Gasteiger partial charge < -0.3 is 9.88 Å². The summed E-state index contributed by atoms with van der Waals surface area (Å²) in [5.41, 5.74) is 1.89. The third kappa shape index (κ3) is 3.44. The fourth-order valence-corrected chi connectivity index (χ4v) is 1.76. The number of hydrogen-bond acceptors (Lipinski definition) is 3. The fraction of sp³-hybridized carbons (Fsp3) is 0.286. The summed E-state index contributed by atoms with van der Waals surface area (Å²) in [6, 6.07) is 10.1. The van der Waals surface area contributed by atoms with Gasteiger partial charge in [-0.3, -0.25) is 0 Å². The second kappa shape index (κ2) is 5.99. The van der Waals surface area contributed by atoms with Gasteiger partial charge in [-0.25, -0.2) is 4.98 Å². The van der Waals surface area contributed by atoms with E-state index in [9.17, 15) is 0 Å². The lowest BCUT2D eigenvalue weighted by atomic mass is 10.1. The number of benzene rings is 1. The molecule has 1 unspecified atom stereocenters. The van der Waals surface area contributed by atoms with Crippen LogP contribution in [0.3, 0.4) is 0 Å². The molecule has 1 aromatic carbocycles. The van der Waals surface area contributed by atoms with Crippen molar-refractivity contribution < 1.29 is 0 Å². The number of rotatable bonds is 5.